The molecular formula is C16H31IN4. The molecule has 0 radical (unpaired) electrons. The first-order valence-corrected chi connectivity index (χ1v) is 8.27. The van der Waals surface area contributed by atoms with E-state index in [1.807, 2.05) is 7.05 Å². The molecule has 5 heteroatoms. The monoisotopic (exact) mass is 406 g/mol. The Kier molecular flexibility index (Phi) is 5.79. The Morgan fingerprint density at radius 3 is 2.57 bits per heavy atom. The molecule has 0 spiro atoms. The second kappa shape index (κ2) is 7.02. The molecule has 1 aliphatic carbocycles. The molecule has 122 valence electrons. The molecule has 0 aromatic carbocycles. The van der Waals surface area contributed by atoms with Crippen LogP contribution in [0.4, 0.5) is 0 Å². The quantitative estimate of drug-likeness (QED) is 0.444. The second-order valence-electron chi connectivity index (χ2n) is 7.64. The van der Waals surface area contributed by atoms with Crippen LogP contribution >= 0.6 is 24.0 Å². The van der Waals surface area contributed by atoms with Crippen LogP contribution in [0.15, 0.2) is 4.99 Å². The standard InChI is InChI=1S/C16H30N4.HI/c1-16(2)7-9-20(12-16)15(17-3)18-10-13-6-8-19(11-13)14-4-5-14;/h13-14H,4-12H2,1-3H3,(H,17,18);1H. The Balaban J connectivity index is 0.00000161. The summed E-state index contributed by atoms with van der Waals surface area (Å²) in [6.07, 6.45) is 5.49. The fraction of sp³-hybridized carbons (Fsp3) is 0.938. The number of nitrogens with one attached hydrogen (secondary N) is 1. The molecule has 3 fully saturated rings. The number of hydrogen-bond donors (Lipinski definition) is 1. The topological polar surface area (TPSA) is 30.9 Å². The van der Waals surface area contributed by atoms with Gasteiger partial charge in [-0.2, -0.15) is 0 Å². The van der Waals surface area contributed by atoms with Crippen molar-refractivity contribution in [2.24, 2.45) is 16.3 Å². The van der Waals surface area contributed by atoms with Crippen LogP contribution < -0.4 is 5.32 Å². The SMILES string of the molecule is CN=C(NCC1CCN(C2CC2)C1)N1CCC(C)(C)C1.I. The number of aliphatic imine (C=N–C) groups is 1. The molecule has 2 heterocycles. The van der Waals surface area contributed by atoms with Crippen molar-refractivity contribution >= 4 is 29.9 Å². The lowest BCUT2D eigenvalue weighted by atomic mass is 9.93. The van der Waals surface area contributed by atoms with Crippen molar-refractivity contribution in [1.82, 2.24) is 15.1 Å². The maximum atomic E-state index is 4.48. The van der Waals surface area contributed by atoms with E-state index in [0.717, 1.165) is 37.6 Å². The smallest absolute Gasteiger partial charge is 0.193 e. The lowest BCUT2D eigenvalue weighted by molar-refractivity contribution is 0.313. The molecular weight excluding hydrogens is 375 g/mol. The fourth-order valence-corrected chi connectivity index (χ4v) is 3.66. The molecule has 0 bridgehead atoms. The lowest BCUT2D eigenvalue weighted by Crippen LogP contribution is -2.43. The number of likely N-dealkylation sites (tertiary alicyclic amines) is 2. The van der Waals surface area contributed by atoms with E-state index in [1.54, 1.807) is 0 Å². The third-order valence-electron chi connectivity index (χ3n) is 5.12. The van der Waals surface area contributed by atoms with Gasteiger partial charge in [-0.15, -0.1) is 24.0 Å². The summed E-state index contributed by atoms with van der Waals surface area (Å²) in [5, 5.41) is 3.62. The van der Waals surface area contributed by atoms with E-state index in [4.69, 9.17) is 0 Å². The molecule has 1 saturated carbocycles. The Bertz CT molecular complexity index is 378. The number of guanidine groups is 1. The third kappa shape index (κ3) is 4.47. The van der Waals surface area contributed by atoms with Gasteiger partial charge in [-0.25, -0.2) is 0 Å². The van der Waals surface area contributed by atoms with E-state index in [2.05, 4.69) is 34.0 Å². The van der Waals surface area contributed by atoms with E-state index in [0.29, 0.717) is 5.41 Å². The zero-order chi connectivity index (χ0) is 14.2. The van der Waals surface area contributed by atoms with Gasteiger partial charge in [-0.3, -0.25) is 4.99 Å². The van der Waals surface area contributed by atoms with Gasteiger partial charge in [0.25, 0.3) is 0 Å². The number of rotatable bonds is 3. The number of nitrogens with zero attached hydrogens (tertiary/aromatic N) is 3. The van der Waals surface area contributed by atoms with Crippen molar-refractivity contribution in [3.05, 3.63) is 0 Å². The van der Waals surface area contributed by atoms with E-state index in [-0.39, 0.29) is 24.0 Å². The molecule has 2 aliphatic heterocycles. The molecule has 0 aromatic rings. The zero-order valence-corrected chi connectivity index (χ0v) is 16.1. The number of hydrogen-bond acceptors (Lipinski definition) is 2. The van der Waals surface area contributed by atoms with Crippen LogP contribution in [0.3, 0.4) is 0 Å². The van der Waals surface area contributed by atoms with Gasteiger partial charge in [0.05, 0.1) is 0 Å². The first-order valence-electron chi connectivity index (χ1n) is 8.27. The van der Waals surface area contributed by atoms with Crippen molar-refractivity contribution in [2.75, 3.05) is 39.8 Å². The predicted molar refractivity (Wildman–Crippen MR) is 99.4 cm³/mol. The maximum Gasteiger partial charge on any atom is 0.193 e. The molecule has 2 saturated heterocycles. The Morgan fingerprint density at radius 2 is 2.00 bits per heavy atom. The number of halogens is 1. The van der Waals surface area contributed by atoms with Crippen molar-refractivity contribution in [3.63, 3.8) is 0 Å². The van der Waals surface area contributed by atoms with Gasteiger partial charge in [0, 0.05) is 39.3 Å². The minimum atomic E-state index is 0. The highest BCUT2D eigenvalue weighted by atomic mass is 127. The van der Waals surface area contributed by atoms with Gasteiger partial charge >= 0.3 is 0 Å². The van der Waals surface area contributed by atoms with E-state index < -0.39 is 0 Å². The summed E-state index contributed by atoms with van der Waals surface area (Å²) in [5.74, 6) is 1.92. The first-order chi connectivity index (χ1) is 9.57. The normalized spacial score (nSPS) is 29.6. The second-order valence-corrected chi connectivity index (χ2v) is 7.64. The van der Waals surface area contributed by atoms with Gasteiger partial charge in [0.15, 0.2) is 5.96 Å². The molecule has 21 heavy (non-hydrogen) atoms. The van der Waals surface area contributed by atoms with Crippen LogP contribution in [-0.2, 0) is 0 Å². The van der Waals surface area contributed by atoms with Crippen molar-refractivity contribution < 1.29 is 0 Å². The van der Waals surface area contributed by atoms with Gasteiger partial charge in [-0.05, 0) is 43.6 Å². The van der Waals surface area contributed by atoms with Crippen LogP contribution in [0.1, 0.15) is 39.5 Å². The Morgan fingerprint density at radius 1 is 1.24 bits per heavy atom. The highest BCUT2D eigenvalue weighted by Gasteiger charge is 2.35. The van der Waals surface area contributed by atoms with Gasteiger partial charge in [0.1, 0.15) is 0 Å². The third-order valence-corrected chi connectivity index (χ3v) is 5.12. The highest BCUT2D eigenvalue weighted by Crippen LogP contribution is 2.31. The van der Waals surface area contributed by atoms with Crippen molar-refractivity contribution in [1.29, 1.82) is 0 Å². The van der Waals surface area contributed by atoms with Gasteiger partial charge in [-0.1, -0.05) is 13.8 Å². The van der Waals surface area contributed by atoms with E-state index >= 15 is 0 Å². The lowest BCUT2D eigenvalue weighted by Gasteiger charge is -2.25. The predicted octanol–water partition coefficient (Wildman–Crippen LogP) is 2.40. The van der Waals surface area contributed by atoms with Crippen LogP contribution in [0.25, 0.3) is 0 Å². The van der Waals surface area contributed by atoms with Crippen LogP contribution in [0.2, 0.25) is 0 Å². The van der Waals surface area contributed by atoms with Crippen LogP contribution in [-0.4, -0.2) is 61.6 Å². The molecule has 1 unspecified atom stereocenters. The summed E-state index contributed by atoms with van der Waals surface area (Å²) in [5.41, 5.74) is 0.438. The van der Waals surface area contributed by atoms with Crippen molar-refractivity contribution in [2.45, 2.75) is 45.6 Å². The summed E-state index contributed by atoms with van der Waals surface area (Å²) in [7, 11) is 1.92. The molecule has 3 rings (SSSR count). The highest BCUT2D eigenvalue weighted by molar-refractivity contribution is 14.0. The van der Waals surface area contributed by atoms with Crippen LogP contribution in [0.5, 0.6) is 0 Å². The van der Waals surface area contributed by atoms with Crippen molar-refractivity contribution in [3.8, 4) is 0 Å². The Labute approximate surface area is 146 Å². The van der Waals surface area contributed by atoms with Gasteiger partial charge < -0.3 is 15.1 Å². The van der Waals surface area contributed by atoms with Crippen LogP contribution in [0, 0.1) is 11.3 Å². The molecule has 3 aliphatic rings. The summed E-state index contributed by atoms with van der Waals surface area (Å²) in [6, 6.07) is 0.929. The summed E-state index contributed by atoms with van der Waals surface area (Å²) >= 11 is 0. The fourth-order valence-electron chi connectivity index (χ4n) is 3.66. The summed E-state index contributed by atoms with van der Waals surface area (Å²) in [4.78, 5) is 9.59. The minimum absolute atomic E-state index is 0. The largest absolute Gasteiger partial charge is 0.356 e. The van der Waals surface area contributed by atoms with Gasteiger partial charge in [0.2, 0.25) is 0 Å². The molecule has 0 amide bonds. The maximum absolute atomic E-state index is 4.48. The summed E-state index contributed by atoms with van der Waals surface area (Å²) < 4.78 is 0. The minimum Gasteiger partial charge on any atom is -0.356 e. The Hall–Kier alpha value is -0.0400. The zero-order valence-electron chi connectivity index (χ0n) is 13.8. The summed E-state index contributed by atoms with van der Waals surface area (Å²) in [6.45, 7) is 10.7. The average molecular weight is 406 g/mol. The molecule has 1 N–H and O–H groups in total. The molecule has 1 atom stereocenters. The molecule has 0 aromatic heterocycles. The van der Waals surface area contributed by atoms with E-state index in [1.165, 1.54) is 38.8 Å². The van der Waals surface area contributed by atoms with E-state index in [9.17, 15) is 0 Å². The average Bonchev–Trinajstić information content (AvgIpc) is 3.05. The first kappa shape index (κ1) is 17.3. The molecule has 4 nitrogen and oxygen atoms in total.